The highest BCUT2D eigenvalue weighted by atomic mass is 32.1. The topological polar surface area (TPSA) is 76.2 Å². The molecular formula is C26H22N4O2S. The summed E-state index contributed by atoms with van der Waals surface area (Å²) in [5.74, 6) is 0. The Balaban J connectivity index is 1.57. The van der Waals surface area contributed by atoms with Crippen molar-refractivity contribution in [3.63, 3.8) is 0 Å². The molecule has 0 amide bonds. The molecule has 7 heteroatoms. The van der Waals surface area contributed by atoms with E-state index in [1.165, 1.54) is 10.9 Å². The number of benzene rings is 3. The van der Waals surface area contributed by atoms with E-state index in [2.05, 4.69) is 52.3 Å². The summed E-state index contributed by atoms with van der Waals surface area (Å²) in [6.45, 7) is 2.79. The molecule has 0 radical (unpaired) electrons. The van der Waals surface area contributed by atoms with Crippen LogP contribution >= 0.6 is 11.3 Å². The molecular weight excluding hydrogens is 432 g/mol. The molecule has 0 aliphatic carbocycles. The van der Waals surface area contributed by atoms with Gasteiger partial charge in [0.05, 0.1) is 16.3 Å². The number of aryl methyl sites for hydroxylation is 2. The lowest BCUT2D eigenvalue weighted by molar-refractivity contribution is -0.384. The van der Waals surface area contributed by atoms with Crippen LogP contribution < -0.4 is 4.80 Å². The van der Waals surface area contributed by atoms with Crippen LogP contribution in [0.15, 0.2) is 89.4 Å². The zero-order chi connectivity index (χ0) is 22.8. The Morgan fingerprint density at radius 2 is 1.79 bits per heavy atom. The lowest BCUT2D eigenvalue weighted by Crippen LogP contribution is -2.17. The number of hydrogen-bond donors (Lipinski definition) is 1. The number of aromatic amines is 1. The fourth-order valence-corrected chi connectivity index (χ4v) is 4.93. The maximum atomic E-state index is 11.1. The minimum Gasteiger partial charge on any atom is -0.361 e. The highest BCUT2D eigenvalue weighted by molar-refractivity contribution is 7.07. The number of hydrogen-bond acceptors (Lipinski definition) is 4. The van der Waals surface area contributed by atoms with Crippen LogP contribution in [0, 0.1) is 17.0 Å². The molecule has 0 saturated heterocycles. The van der Waals surface area contributed by atoms with E-state index in [1.54, 1.807) is 35.6 Å². The third kappa shape index (κ3) is 4.23. The zero-order valence-corrected chi connectivity index (χ0v) is 18.9. The molecule has 2 heterocycles. The molecule has 33 heavy (non-hydrogen) atoms. The summed E-state index contributed by atoms with van der Waals surface area (Å²) in [5, 5.41) is 14.4. The lowest BCUT2D eigenvalue weighted by atomic mass is 10.1. The number of aromatic nitrogens is 2. The summed E-state index contributed by atoms with van der Waals surface area (Å²) in [5.41, 5.74) is 6.46. The number of thiazole rings is 1. The van der Waals surface area contributed by atoms with Crippen molar-refractivity contribution in [2.24, 2.45) is 4.99 Å². The molecule has 5 rings (SSSR count). The highest BCUT2D eigenvalue weighted by Crippen LogP contribution is 2.25. The number of nitrogens with zero attached hydrogens (tertiary/aromatic N) is 3. The fraction of sp³-hybridized carbons (Fsp3) is 0.115. The monoisotopic (exact) mass is 454 g/mol. The van der Waals surface area contributed by atoms with E-state index in [0.29, 0.717) is 0 Å². The number of para-hydroxylation sites is 2. The molecule has 5 aromatic rings. The number of non-ortho nitro benzene ring substituents is 1. The molecule has 6 nitrogen and oxygen atoms in total. The predicted octanol–water partition coefficient (Wildman–Crippen LogP) is 6.39. The van der Waals surface area contributed by atoms with Crippen LogP contribution in [-0.2, 0) is 13.0 Å². The Hall–Kier alpha value is -3.97. The van der Waals surface area contributed by atoms with Gasteiger partial charge in [-0.2, -0.15) is 0 Å². The smallest absolute Gasteiger partial charge is 0.269 e. The van der Waals surface area contributed by atoms with Crippen molar-refractivity contribution in [2.45, 2.75) is 19.9 Å². The fourth-order valence-electron chi connectivity index (χ4n) is 3.98. The average molecular weight is 455 g/mol. The summed E-state index contributed by atoms with van der Waals surface area (Å²) in [6.07, 6.45) is 2.91. The van der Waals surface area contributed by atoms with Crippen molar-refractivity contribution in [2.75, 3.05) is 0 Å². The lowest BCUT2D eigenvalue weighted by Gasteiger charge is -2.10. The molecule has 0 bridgehead atoms. The number of nitro groups is 1. The summed E-state index contributed by atoms with van der Waals surface area (Å²) >= 11 is 1.58. The standard InChI is InChI=1S/C26H22N4O2S/c1-18-6-2-4-8-23(18)28-26-29(15-14-20-16-27-24-9-5-3-7-22(20)24)25(17-33-26)19-10-12-21(13-11-19)30(31)32/h2-13,16-17,27H,14-15H2,1H3. The minimum atomic E-state index is -0.374. The van der Waals surface area contributed by atoms with E-state index >= 15 is 0 Å². The van der Waals surface area contributed by atoms with E-state index in [0.717, 1.165) is 45.8 Å². The summed E-state index contributed by atoms with van der Waals surface area (Å²) in [7, 11) is 0. The van der Waals surface area contributed by atoms with Crippen molar-refractivity contribution in [3.8, 4) is 11.3 Å². The summed E-state index contributed by atoms with van der Waals surface area (Å²) < 4.78 is 2.21. The SMILES string of the molecule is Cc1ccccc1N=c1scc(-c2ccc([N+](=O)[O-])cc2)n1CCc1c[nH]c2ccccc12. The Morgan fingerprint density at radius 3 is 2.58 bits per heavy atom. The van der Waals surface area contributed by atoms with Gasteiger partial charge in [0.2, 0.25) is 0 Å². The quantitative estimate of drug-likeness (QED) is 0.238. The second-order valence-electron chi connectivity index (χ2n) is 7.87. The van der Waals surface area contributed by atoms with Gasteiger partial charge in [-0.3, -0.25) is 10.1 Å². The largest absolute Gasteiger partial charge is 0.361 e. The van der Waals surface area contributed by atoms with Crippen LogP contribution in [0.3, 0.4) is 0 Å². The van der Waals surface area contributed by atoms with Crippen molar-refractivity contribution in [3.05, 3.63) is 110 Å². The number of nitro benzene ring substituents is 1. The van der Waals surface area contributed by atoms with Crippen molar-refractivity contribution in [1.29, 1.82) is 0 Å². The molecule has 1 N–H and O–H groups in total. The van der Waals surface area contributed by atoms with E-state index < -0.39 is 0 Å². The average Bonchev–Trinajstić information content (AvgIpc) is 3.43. The first-order valence-electron chi connectivity index (χ1n) is 10.7. The highest BCUT2D eigenvalue weighted by Gasteiger charge is 2.12. The van der Waals surface area contributed by atoms with Gasteiger partial charge in [0.1, 0.15) is 0 Å². The molecule has 0 atom stereocenters. The minimum absolute atomic E-state index is 0.0872. The van der Waals surface area contributed by atoms with Gasteiger partial charge in [-0.15, -0.1) is 11.3 Å². The van der Waals surface area contributed by atoms with Crippen LogP contribution in [0.5, 0.6) is 0 Å². The molecule has 3 aromatic carbocycles. The van der Waals surface area contributed by atoms with Crippen LogP contribution in [-0.4, -0.2) is 14.5 Å². The van der Waals surface area contributed by atoms with Gasteiger partial charge in [0.25, 0.3) is 5.69 Å². The van der Waals surface area contributed by atoms with Gasteiger partial charge in [0, 0.05) is 41.2 Å². The van der Waals surface area contributed by atoms with Crippen LogP contribution in [0.25, 0.3) is 22.2 Å². The first kappa shape index (κ1) is 20.9. The summed E-state index contributed by atoms with van der Waals surface area (Å²) in [6, 6.07) is 23.1. The van der Waals surface area contributed by atoms with Gasteiger partial charge >= 0.3 is 0 Å². The molecule has 0 fully saturated rings. The van der Waals surface area contributed by atoms with Crippen molar-refractivity contribution >= 4 is 33.6 Å². The number of H-pyrrole nitrogens is 1. The maximum Gasteiger partial charge on any atom is 0.269 e. The second-order valence-corrected chi connectivity index (χ2v) is 8.70. The third-order valence-corrected chi connectivity index (χ3v) is 6.65. The number of rotatable bonds is 6. The Bertz CT molecular complexity index is 1510. The first-order chi connectivity index (χ1) is 16.1. The maximum absolute atomic E-state index is 11.1. The van der Waals surface area contributed by atoms with E-state index in [-0.39, 0.29) is 10.6 Å². The second kappa shape index (κ2) is 8.88. The van der Waals surface area contributed by atoms with E-state index in [9.17, 15) is 10.1 Å². The van der Waals surface area contributed by atoms with Gasteiger partial charge in [-0.1, -0.05) is 36.4 Å². The molecule has 0 spiro atoms. The molecule has 0 aliphatic rings. The number of nitrogens with one attached hydrogen (secondary N) is 1. The van der Waals surface area contributed by atoms with Crippen LogP contribution in [0.1, 0.15) is 11.1 Å². The third-order valence-electron chi connectivity index (χ3n) is 5.78. The molecule has 0 saturated carbocycles. The van der Waals surface area contributed by atoms with Crippen molar-refractivity contribution < 1.29 is 4.92 Å². The van der Waals surface area contributed by atoms with Gasteiger partial charge < -0.3 is 9.55 Å². The Labute approximate surface area is 194 Å². The van der Waals surface area contributed by atoms with Gasteiger partial charge in [0.15, 0.2) is 4.80 Å². The van der Waals surface area contributed by atoms with Crippen molar-refractivity contribution in [1.82, 2.24) is 9.55 Å². The predicted molar refractivity (Wildman–Crippen MR) is 133 cm³/mol. The normalized spacial score (nSPS) is 11.8. The van der Waals surface area contributed by atoms with Gasteiger partial charge in [-0.25, -0.2) is 4.99 Å². The van der Waals surface area contributed by atoms with Gasteiger partial charge in [-0.05, 0) is 54.3 Å². The molecule has 0 unspecified atom stereocenters. The van der Waals surface area contributed by atoms with E-state index in [1.807, 2.05) is 24.3 Å². The molecule has 2 aromatic heterocycles. The molecule has 0 aliphatic heterocycles. The zero-order valence-electron chi connectivity index (χ0n) is 18.1. The first-order valence-corrected chi connectivity index (χ1v) is 11.6. The van der Waals surface area contributed by atoms with E-state index in [4.69, 9.17) is 4.99 Å². The molecule has 164 valence electrons. The summed E-state index contributed by atoms with van der Waals surface area (Å²) in [4.78, 5) is 19.9. The van der Waals surface area contributed by atoms with Crippen LogP contribution in [0.2, 0.25) is 0 Å². The van der Waals surface area contributed by atoms with Crippen LogP contribution in [0.4, 0.5) is 11.4 Å². The Morgan fingerprint density at radius 1 is 1.03 bits per heavy atom. The number of fused-ring (bicyclic) bond motifs is 1. The Kier molecular flexibility index (Phi) is 5.62.